The van der Waals surface area contributed by atoms with E-state index in [0.717, 1.165) is 4.52 Å². The molecule has 3 heterocycles. The monoisotopic (exact) mass is 463 g/mol. The number of carbonyl (C=O) groups is 1. The van der Waals surface area contributed by atoms with Gasteiger partial charge in [-0.1, -0.05) is 11.6 Å². The molecule has 0 bridgehead atoms. The summed E-state index contributed by atoms with van der Waals surface area (Å²) in [6.07, 6.45) is -0.994. The molecule has 8 nitrogen and oxygen atoms in total. The summed E-state index contributed by atoms with van der Waals surface area (Å²) in [5, 5.41) is 11.0. The van der Waals surface area contributed by atoms with Crippen LogP contribution in [0.25, 0.3) is 11.5 Å². The van der Waals surface area contributed by atoms with Crippen LogP contribution in [0.15, 0.2) is 36.7 Å². The van der Waals surface area contributed by atoms with Crippen LogP contribution < -0.4 is 5.32 Å². The van der Waals surface area contributed by atoms with E-state index in [1.165, 1.54) is 0 Å². The van der Waals surface area contributed by atoms with Crippen LogP contribution in [-0.2, 0) is 17.4 Å². The van der Waals surface area contributed by atoms with Crippen molar-refractivity contribution in [2.75, 3.05) is 5.32 Å². The van der Waals surface area contributed by atoms with Crippen molar-refractivity contribution in [2.24, 2.45) is 0 Å². The van der Waals surface area contributed by atoms with E-state index in [4.69, 9.17) is 11.6 Å². The molecule has 166 valence electrons. The molecule has 0 aliphatic carbocycles. The van der Waals surface area contributed by atoms with Crippen molar-refractivity contribution < 1.29 is 18.0 Å². The lowest BCUT2D eigenvalue weighted by molar-refractivity contribution is -0.144. The Labute approximate surface area is 185 Å². The van der Waals surface area contributed by atoms with Crippen molar-refractivity contribution in [3.05, 3.63) is 64.5 Å². The Morgan fingerprint density at radius 1 is 1.22 bits per heavy atom. The summed E-state index contributed by atoms with van der Waals surface area (Å²) in [6, 6.07) is 6.80. The van der Waals surface area contributed by atoms with Gasteiger partial charge in [0.15, 0.2) is 0 Å². The minimum atomic E-state index is -4.67. The van der Waals surface area contributed by atoms with Gasteiger partial charge in [-0.25, -0.2) is 14.2 Å². The van der Waals surface area contributed by atoms with Gasteiger partial charge < -0.3 is 5.32 Å². The zero-order valence-electron chi connectivity index (χ0n) is 17.0. The number of amides is 1. The SMILES string of the molecule is Cc1nc2nc(C(F)(F)F)nn2c(C)c1CCC(=O)Nc1cc(Cl)ccc1-n1cccn1. The molecule has 1 aromatic carbocycles. The Hall–Kier alpha value is -3.47. The van der Waals surface area contributed by atoms with Crippen LogP contribution in [0.2, 0.25) is 5.02 Å². The molecule has 1 N–H and O–H groups in total. The lowest BCUT2D eigenvalue weighted by Crippen LogP contribution is -2.16. The van der Waals surface area contributed by atoms with E-state index < -0.39 is 12.0 Å². The normalized spacial score (nSPS) is 11.8. The second-order valence-electron chi connectivity index (χ2n) is 7.07. The van der Waals surface area contributed by atoms with Gasteiger partial charge in [0, 0.05) is 35.2 Å². The van der Waals surface area contributed by atoms with Crippen LogP contribution in [0.5, 0.6) is 0 Å². The molecule has 4 rings (SSSR count). The number of aromatic nitrogens is 6. The van der Waals surface area contributed by atoms with E-state index in [9.17, 15) is 18.0 Å². The van der Waals surface area contributed by atoms with Gasteiger partial charge in [0.1, 0.15) is 0 Å². The van der Waals surface area contributed by atoms with Crippen LogP contribution in [0.3, 0.4) is 0 Å². The molecule has 12 heteroatoms. The molecule has 4 aromatic rings. The van der Waals surface area contributed by atoms with E-state index >= 15 is 0 Å². The first-order valence-electron chi connectivity index (χ1n) is 9.53. The first-order valence-corrected chi connectivity index (χ1v) is 9.91. The van der Waals surface area contributed by atoms with E-state index in [2.05, 4.69) is 25.5 Å². The Balaban J connectivity index is 1.54. The zero-order valence-corrected chi connectivity index (χ0v) is 17.7. The molecule has 0 aliphatic heterocycles. The first kappa shape index (κ1) is 21.8. The summed E-state index contributed by atoms with van der Waals surface area (Å²) in [5.74, 6) is -1.69. The molecule has 0 saturated carbocycles. The lowest BCUT2D eigenvalue weighted by Gasteiger charge is -2.13. The topological polar surface area (TPSA) is 90.0 Å². The fourth-order valence-electron chi connectivity index (χ4n) is 3.36. The Morgan fingerprint density at radius 2 is 2.00 bits per heavy atom. The highest BCUT2D eigenvalue weighted by Gasteiger charge is 2.37. The van der Waals surface area contributed by atoms with E-state index in [0.29, 0.717) is 33.3 Å². The van der Waals surface area contributed by atoms with Crippen LogP contribution in [-0.4, -0.2) is 35.3 Å². The minimum absolute atomic E-state index is 0.0702. The maximum Gasteiger partial charge on any atom is 0.453 e. The number of hydrogen-bond donors (Lipinski definition) is 1. The van der Waals surface area contributed by atoms with Crippen molar-refractivity contribution >= 4 is 29.0 Å². The molecular formula is C20H17ClF3N7O. The maximum absolute atomic E-state index is 12.9. The smallest absolute Gasteiger partial charge is 0.324 e. The molecule has 1 amide bonds. The van der Waals surface area contributed by atoms with Gasteiger partial charge >= 0.3 is 6.18 Å². The Kier molecular flexibility index (Phi) is 5.59. The zero-order chi connectivity index (χ0) is 23.0. The fourth-order valence-corrected chi connectivity index (χ4v) is 3.53. The number of carbonyl (C=O) groups excluding carboxylic acids is 1. The number of benzene rings is 1. The molecular weight excluding hydrogens is 447 g/mol. The number of alkyl halides is 3. The number of nitrogens with zero attached hydrogens (tertiary/aromatic N) is 6. The van der Waals surface area contributed by atoms with Gasteiger partial charge in [-0.3, -0.25) is 4.79 Å². The second kappa shape index (κ2) is 8.23. The molecule has 0 saturated heterocycles. The summed E-state index contributed by atoms with van der Waals surface area (Å²) in [6.45, 7) is 3.28. The van der Waals surface area contributed by atoms with Gasteiger partial charge in [-0.05, 0) is 50.1 Å². The molecule has 32 heavy (non-hydrogen) atoms. The second-order valence-corrected chi connectivity index (χ2v) is 7.50. The van der Waals surface area contributed by atoms with E-state index in [-0.39, 0.29) is 24.5 Å². The Morgan fingerprint density at radius 3 is 2.69 bits per heavy atom. The number of rotatable bonds is 5. The predicted octanol–water partition coefficient (Wildman–Crippen LogP) is 4.17. The molecule has 0 radical (unpaired) electrons. The average molecular weight is 464 g/mol. The number of nitrogens with one attached hydrogen (secondary N) is 1. The Bertz CT molecular complexity index is 1300. The standard InChI is InChI=1S/C20H17ClF3N7O/c1-11-14(12(2)31-19(26-11)28-18(29-31)20(22,23)24)5-7-17(32)27-15-10-13(21)4-6-16(15)30-9-3-8-25-30/h3-4,6,8-10H,5,7H2,1-2H3,(H,27,32). The van der Waals surface area contributed by atoms with Crippen molar-refractivity contribution in [2.45, 2.75) is 32.9 Å². The van der Waals surface area contributed by atoms with Crippen LogP contribution >= 0.6 is 11.6 Å². The van der Waals surface area contributed by atoms with Crippen molar-refractivity contribution in [3.63, 3.8) is 0 Å². The third-order valence-corrected chi connectivity index (χ3v) is 5.12. The largest absolute Gasteiger partial charge is 0.453 e. The van der Waals surface area contributed by atoms with Gasteiger partial charge in [0.05, 0.1) is 11.4 Å². The molecule has 0 spiro atoms. The summed E-state index contributed by atoms with van der Waals surface area (Å²) < 4.78 is 41.5. The number of halogens is 4. The molecule has 0 aliphatic rings. The van der Waals surface area contributed by atoms with Gasteiger partial charge in [0.25, 0.3) is 11.6 Å². The van der Waals surface area contributed by atoms with Crippen molar-refractivity contribution in [3.8, 4) is 5.69 Å². The number of aryl methyl sites for hydroxylation is 2. The first-order chi connectivity index (χ1) is 15.1. The summed E-state index contributed by atoms with van der Waals surface area (Å²) in [5.41, 5.74) is 2.70. The summed E-state index contributed by atoms with van der Waals surface area (Å²) in [4.78, 5) is 20.2. The maximum atomic E-state index is 12.9. The number of hydrogen-bond acceptors (Lipinski definition) is 5. The molecule has 0 atom stereocenters. The average Bonchev–Trinajstić information content (AvgIpc) is 3.37. The number of fused-ring (bicyclic) bond motifs is 1. The van der Waals surface area contributed by atoms with E-state index in [1.54, 1.807) is 55.2 Å². The fraction of sp³-hybridized carbons (Fsp3) is 0.250. The quantitative estimate of drug-likeness (QED) is 0.479. The highest BCUT2D eigenvalue weighted by Crippen LogP contribution is 2.28. The van der Waals surface area contributed by atoms with Crippen LogP contribution in [0, 0.1) is 13.8 Å². The lowest BCUT2D eigenvalue weighted by atomic mass is 10.1. The molecule has 3 aromatic heterocycles. The van der Waals surface area contributed by atoms with Crippen molar-refractivity contribution in [1.29, 1.82) is 0 Å². The minimum Gasteiger partial charge on any atom is -0.324 e. The summed E-state index contributed by atoms with van der Waals surface area (Å²) in [7, 11) is 0. The van der Waals surface area contributed by atoms with E-state index in [1.807, 2.05) is 0 Å². The molecule has 0 unspecified atom stereocenters. The molecule has 0 fully saturated rings. The highest BCUT2D eigenvalue weighted by atomic mass is 35.5. The highest BCUT2D eigenvalue weighted by molar-refractivity contribution is 6.31. The third kappa shape index (κ3) is 4.28. The number of anilines is 1. The predicted molar refractivity (Wildman–Crippen MR) is 111 cm³/mol. The van der Waals surface area contributed by atoms with Crippen LogP contribution in [0.4, 0.5) is 18.9 Å². The van der Waals surface area contributed by atoms with Crippen LogP contribution in [0.1, 0.15) is 29.2 Å². The summed E-state index contributed by atoms with van der Waals surface area (Å²) >= 11 is 6.08. The van der Waals surface area contributed by atoms with Gasteiger partial charge in [-0.2, -0.15) is 23.3 Å². The van der Waals surface area contributed by atoms with Gasteiger partial charge in [0.2, 0.25) is 5.91 Å². The van der Waals surface area contributed by atoms with Crippen molar-refractivity contribution in [1.82, 2.24) is 29.4 Å². The van der Waals surface area contributed by atoms with Gasteiger partial charge in [-0.15, -0.1) is 5.10 Å². The third-order valence-electron chi connectivity index (χ3n) is 4.89.